The van der Waals surface area contributed by atoms with Crippen LogP contribution in [-0.4, -0.2) is 58.9 Å². The number of methoxy groups -OCH3 is 1. The Hall–Kier alpha value is -3.46. The number of carbonyl (C=O) groups excluding carboxylic acids is 1. The molecule has 0 spiro atoms. The molecule has 1 unspecified atom stereocenters. The second kappa shape index (κ2) is 9.13. The monoisotopic (exact) mass is 421 g/mol. The lowest BCUT2D eigenvalue weighted by molar-refractivity contribution is 0.243. The fraction of sp³-hybridized carbons (Fsp3) is 0.364. The van der Waals surface area contributed by atoms with E-state index in [0.717, 1.165) is 35.5 Å². The lowest BCUT2D eigenvalue weighted by Gasteiger charge is -2.25. The summed E-state index contributed by atoms with van der Waals surface area (Å²) < 4.78 is 7.09. The minimum absolute atomic E-state index is 0.0420. The minimum Gasteiger partial charge on any atom is -0.497 e. The summed E-state index contributed by atoms with van der Waals surface area (Å²) in [6.45, 7) is 0.472. The standard InChI is InChI=1S/C22H27N7O2/c1-28(2)20(15-6-12-19(31-3)13-7-15)14-23-22(30)24-17-8-4-16(5-9-17)21-25-26-27-29(21)18-10-11-18/h4-9,12-13,18,20H,10-11,14H2,1-3H3,(H2,23,24,30). The van der Waals surface area contributed by atoms with Crippen molar-refractivity contribution < 1.29 is 9.53 Å². The van der Waals surface area contributed by atoms with Gasteiger partial charge in [0, 0.05) is 17.8 Å². The van der Waals surface area contributed by atoms with Gasteiger partial charge in [-0.15, -0.1) is 5.10 Å². The van der Waals surface area contributed by atoms with Gasteiger partial charge in [0.05, 0.1) is 19.2 Å². The quantitative estimate of drug-likeness (QED) is 0.580. The summed E-state index contributed by atoms with van der Waals surface area (Å²) in [7, 11) is 5.62. The minimum atomic E-state index is -0.254. The molecule has 1 heterocycles. The Balaban J connectivity index is 1.34. The van der Waals surface area contributed by atoms with Crippen LogP contribution in [0.3, 0.4) is 0 Å². The van der Waals surface area contributed by atoms with Crippen molar-refractivity contribution in [1.82, 2.24) is 30.4 Å². The molecule has 2 amide bonds. The van der Waals surface area contributed by atoms with Gasteiger partial charge in [0.15, 0.2) is 5.82 Å². The van der Waals surface area contributed by atoms with E-state index in [2.05, 4.69) is 31.1 Å². The Bertz CT molecular complexity index is 1010. The second-order valence-corrected chi connectivity index (χ2v) is 7.84. The van der Waals surface area contributed by atoms with Crippen molar-refractivity contribution in [2.45, 2.75) is 24.9 Å². The summed E-state index contributed by atoms with van der Waals surface area (Å²) in [5, 5.41) is 17.8. The zero-order valence-electron chi connectivity index (χ0n) is 17.9. The molecule has 31 heavy (non-hydrogen) atoms. The number of ether oxygens (including phenoxy) is 1. The van der Waals surface area contributed by atoms with Gasteiger partial charge in [-0.3, -0.25) is 0 Å². The highest BCUT2D eigenvalue weighted by molar-refractivity contribution is 5.89. The van der Waals surface area contributed by atoms with Crippen LogP contribution in [-0.2, 0) is 0 Å². The molecule has 4 rings (SSSR count). The molecule has 3 aromatic rings. The molecule has 2 N–H and O–H groups in total. The van der Waals surface area contributed by atoms with Gasteiger partial charge in [0.1, 0.15) is 5.75 Å². The number of hydrogen-bond acceptors (Lipinski definition) is 6. The predicted octanol–water partition coefficient (Wildman–Crippen LogP) is 3.11. The first kappa shape index (κ1) is 20.8. The van der Waals surface area contributed by atoms with Crippen LogP contribution < -0.4 is 15.4 Å². The molecule has 0 bridgehead atoms. The van der Waals surface area contributed by atoms with E-state index in [0.29, 0.717) is 18.3 Å². The fourth-order valence-electron chi connectivity index (χ4n) is 3.44. The van der Waals surface area contributed by atoms with Gasteiger partial charge >= 0.3 is 6.03 Å². The first-order valence-electron chi connectivity index (χ1n) is 10.3. The summed E-state index contributed by atoms with van der Waals surface area (Å²) in [5.41, 5.74) is 2.73. The third kappa shape index (κ3) is 5.00. The molecule has 1 aliphatic carbocycles. The van der Waals surface area contributed by atoms with E-state index < -0.39 is 0 Å². The highest BCUT2D eigenvalue weighted by Crippen LogP contribution is 2.36. The van der Waals surface area contributed by atoms with Gasteiger partial charge in [-0.1, -0.05) is 12.1 Å². The number of anilines is 1. The summed E-state index contributed by atoms with van der Waals surface area (Å²) >= 11 is 0. The van der Waals surface area contributed by atoms with Crippen LogP contribution >= 0.6 is 0 Å². The van der Waals surface area contributed by atoms with E-state index in [1.54, 1.807) is 7.11 Å². The van der Waals surface area contributed by atoms with Gasteiger partial charge in [-0.05, 0) is 79.3 Å². The smallest absolute Gasteiger partial charge is 0.319 e. The summed E-state index contributed by atoms with van der Waals surface area (Å²) in [5.74, 6) is 1.56. The Morgan fingerprint density at radius 2 is 1.87 bits per heavy atom. The number of rotatable bonds is 8. The van der Waals surface area contributed by atoms with Gasteiger partial charge in [-0.2, -0.15) is 0 Å². The molecule has 0 radical (unpaired) electrons. The number of urea groups is 1. The lowest BCUT2D eigenvalue weighted by Crippen LogP contribution is -2.36. The van der Waals surface area contributed by atoms with Crippen LogP contribution in [0.2, 0.25) is 0 Å². The maximum absolute atomic E-state index is 12.4. The molecule has 162 valence electrons. The summed E-state index contributed by atoms with van der Waals surface area (Å²) in [4.78, 5) is 14.5. The van der Waals surface area contributed by atoms with Gasteiger partial charge in [0.25, 0.3) is 0 Å². The molecule has 9 nitrogen and oxygen atoms in total. The molecule has 0 saturated heterocycles. The molecule has 1 aliphatic rings. The number of aromatic nitrogens is 4. The topological polar surface area (TPSA) is 97.2 Å². The molecule has 1 atom stereocenters. The average molecular weight is 422 g/mol. The Morgan fingerprint density at radius 3 is 2.48 bits per heavy atom. The van der Waals surface area contributed by atoms with E-state index in [1.165, 1.54) is 0 Å². The maximum Gasteiger partial charge on any atom is 0.319 e. The largest absolute Gasteiger partial charge is 0.497 e. The molecule has 9 heteroatoms. The van der Waals surface area contributed by atoms with Gasteiger partial charge in [0.2, 0.25) is 0 Å². The number of hydrogen-bond donors (Lipinski definition) is 2. The lowest BCUT2D eigenvalue weighted by atomic mass is 10.1. The molecular weight excluding hydrogens is 394 g/mol. The van der Waals surface area contributed by atoms with Crippen LogP contribution in [0.1, 0.15) is 30.5 Å². The number of nitrogens with one attached hydrogen (secondary N) is 2. The Kier molecular flexibility index (Phi) is 6.13. The van der Waals surface area contributed by atoms with Crippen LogP contribution in [0, 0.1) is 0 Å². The van der Waals surface area contributed by atoms with Crippen molar-refractivity contribution in [2.75, 3.05) is 33.1 Å². The Labute approximate surface area is 181 Å². The van der Waals surface area contributed by atoms with Crippen LogP contribution in [0.15, 0.2) is 48.5 Å². The molecule has 0 aliphatic heterocycles. The van der Waals surface area contributed by atoms with E-state index in [1.807, 2.05) is 67.3 Å². The highest BCUT2D eigenvalue weighted by Gasteiger charge is 2.28. The van der Waals surface area contributed by atoms with E-state index in [9.17, 15) is 4.79 Å². The van der Waals surface area contributed by atoms with Crippen LogP contribution in [0.4, 0.5) is 10.5 Å². The molecule has 1 fully saturated rings. The zero-order chi connectivity index (χ0) is 21.8. The van der Waals surface area contributed by atoms with Crippen LogP contribution in [0.5, 0.6) is 5.75 Å². The first-order valence-corrected chi connectivity index (χ1v) is 10.3. The third-order valence-electron chi connectivity index (χ3n) is 5.37. The van der Waals surface area contributed by atoms with Crippen molar-refractivity contribution in [2.24, 2.45) is 0 Å². The number of benzene rings is 2. The summed E-state index contributed by atoms with van der Waals surface area (Å²) in [6, 6.07) is 15.6. The molecular formula is C22H27N7O2. The van der Waals surface area contributed by atoms with Crippen molar-refractivity contribution >= 4 is 11.7 Å². The number of likely N-dealkylation sites (N-methyl/N-ethyl adjacent to an activating group) is 1. The first-order chi connectivity index (χ1) is 15.0. The van der Waals surface area contributed by atoms with Crippen LogP contribution in [0.25, 0.3) is 11.4 Å². The normalized spacial score (nSPS) is 14.3. The number of amides is 2. The van der Waals surface area contributed by atoms with Gasteiger partial charge in [-0.25, -0.2) is 9.48 Å². The zero-order valence-corrected chi connectivity index (χ0v) is 17.9. The molecule has 2 aromatic carbocycles. The number of nitrogens with zero attached hydrogens (tertiary/aromatic N) is 5. The van der Waals surface area contributed by atoms with Crippen molar-refractivity contribution in [3.63, 3.8) is 0 Å². The van der Waals surface area contributed by atoms with Crippen molar-refractivity contribution in [3.8, 4) is 17.1 Å². The number of tetrazole rings is 1. The highest BCUT2D eigenvalue weighted by atomic mass is 16.5. The van der Waals surface area contributed by atoms with Gasteiger partial charge < -0.3 is 20.3 Å². The SMILES string of the molecule is COc1ccc(C(CNC(=O)Nc2ccc(-c3nnnn3C3CC3)cc2)N(C)C)cc1. The van der Waals surface area contributed by atoms with Crippen molar-refractivity contribution in [1.29, 1.82) is 0 Å². The second-order valence-electron chi connectivity index (χ2n) is 7.84. The third-order valence-corrected chi connectivity index (χ3v) is 5.37. The molecule has 1 aromatic heterocycles. The average Bonchev–Trinajstić information content (AvgIpc) is 3.51. The fourth-order valence-corrected chi connectivity index (χ4v) is 3.44. The van der Waals surface area contributed by atoms with E-state index in [4.69, 9.17) is 4.74 Å². The Morgan fingerprint density at radius 1 is 1.16 bits per heavy atom. The number of carbonyl (C=O) groups is 1. The van der Waals surface area contributed by atoms with Crippen molar-refractivity contribution in [3.05, 3.63) is 54.1 Å². The maximum atomic E-state index is 12.4. The van der Waals surface area contributed by atoms with E-state index >= 15 is 0 Å². The predicted molar refractivity (Wildman–Crippen MR) is 118 cm³/mol. The van der Waals surface area contributed by atoms with E-state index in [-0.39, 0.29) is 12.1 Å². The summed E-state index contributed by atoms with van der Waals surface area (Å²) in [6.07, 6.45) is 2.23. The molecule has 1 saturated carbocycles.